The maximum absolute atomic E-state index is 6.11. The molecule has 0 bridgehead atoms. The van der Waals surface area contributed by atoms with E-state index in [0.29, 0.717) is 17.5 Å². The van der Waals surface area contributed by atoms with Crippen molar-refractivity contribution in [2.75, 3.05) is 0 Å². The summed E-state index contributed by atoms with van der Waals surface area (Å²) in [6, 6.07) is 48.5. The molecule has 3 aromatic heterocycles. The first-order chi connectivity index (χ1) is 22.8. The zero-order chi connectivity index (χ0) is 30.2. The number of para-hydroxylation sites is 1. The molecule has 0 aliphatic carbocycles. The van der Waals surface area contributed by atoms with E-state index in [2.05, 4.69) is 78.9 Å². The lowest BCUT2D eigenvalue weighted by molar-refractivity contribution is 0.669. The van der Waals surface area contributed by atoms with Gasteiger partial charge in [0, 0.05) is 53.0 Å². The van der Waals surface area contributed by atoms with Gasteiger partial charge in [-0.05, 0) is 46.5 Å². The molecule has 4 nitrogen and oxygen atoms in total. The van der Waals surface area contributed by atoms with Crippen LogP contribution in [-0.4, -0.2) is 15.0 Å². The fourth-order valence-corrected chi connectivity index (χ4v) is 8.11. The van der Waals surface area contributed by atoms with Crippen molar-refractivity contribution in [3.63, 3.8) is 0 Å². The van der Waals surface area contributed by atoms with Crippen LogP contribution in [0.2, 0.25) is 0 Å². The third kappa shape index (κ3) is 3.82. The molecule has 0 radical (unpaired) electrons. The van der Waals surface area contributed by atoms with Crippen molar-refractivity contribution in [1.29, 1.82) is 0 Å². The fourth-order valence-electron chi connectivity index (χ4n) is 6.73. The number of nitrogens with zero attached hydrogens (tertiary/aromatic N) is 3. The van der Waals surface area contributed by atoms with E-state index in [4.69, 9.17) is 19.4 Å². The summed E-state index contributed by atoms with van der Waals surface area (Å²) < 4.78 is 8.57. The highest BCUT2D eigenvalue weighted by Crippen LogP contribution is 2.44. The van der Waals surface area contributed by atoms with E-state index in [0.717, 1.165) is 38.6 Å². The first kappa shape index (κ1) is 25.4. The third-order valence-corrected chi connectivity index (χ3v) is 10.2. The van der Waals surface area contributed by atoms with Crippen LogP contribution in [-0.2, 0) is 0 Å². The van der Waals surface area contributed by atoms with Gasteiger partial charge in [0.25, 0.3) is 0 Å². The lowest BCUT2D eigenvalue weighted by Gasteiger charge is -2.09. The van der Waals surface area contributed by atoms with Crippen LogP contribution in [0.15, 0.2) is 144 Å². The summed E-state index contributed by atoms with van der Waals surface area (Å²) in [7, 11) is 0. The molecule has 0 saturated heterocycles. The number of rotatable bonds is 3. The van der Waals surface area contributed by atoms with Crippen molar-refractivity contribution in [2.24, 2.45) is 0 Å². The van der Waals surface area contributed by atoms with Gasteiger partial charge in [0.05, 0.1) is 0 Å². The summed E-state index contributed by atoms with van der Waals surface area (Å²) in [4.78, 5) is 15.3. The average molecular weight is 606 g/mol. The predicted molar refractivity (Wildman–Crippen MR) is 191 cm³/mol. The maximum Gasteiger partial charge on any atom is 0.165 e. The Morgan fingerprint density at radius 1 is 0.413 bits per heavy atom. The molecule has 214 valence electrons. The third-order valence-electron chi connectivity index (χ3n) is 8.92. The van der Waals surface area contributed by atoms with Crippen LogP contribution in [0.1, 0.15) is 0 Å². The number of aromatic nitrogens is 3. The molecular formula is C41H23N3OS. The van der Waals surface area contributed by atoms with Crippen molar-refractivity contribution in [3.05, 3.63) is 140 Å². The van der Waals surface area contributed by atoms with Crippen LogP contribution >= 0.6 is 11.3 Å². The number of hydrogen-bond donors (Lipinski definition) is 0. The van der Waals surface area contributed by atoms with Crippen LogP contribution in [0.25, 0.3) is 97.8 Å². The quantitative estimate of drug-likeness (QED) is 0.188. The van der Waals surface area contributed by atoms with Gasteiger partial charge in [0.1, 0.15) is 11.2 Å². The normalized spacial score (nSPS) is 11.9. The van der Waals surface area contributed by atoms with E-state index in [1.807, 2.05) is 72.0 Å². The smallest absolute Gasteiger partial charge is 0.165 e. The Kier molecular flexibility index (Phi) is 5.41. The van der Waals surface area contributed by atoms with Gasteiger partial charge in [0.2, 0.25) is 0 Å². The topological polar surface area (TPSA) is 51.8 Å². The first-order valence-corrected chi connectivity index (χ1v) is 16.1. The Bertz CT molecular complexity index is 2820. The Hall–Kier alpha value is -5.91. The standard InChI is InChI=1S/C41H23N3OS/c1-2-10-26(11-3-1)39-42-40(27-20-22-35-33(23-27)29-13-6-7-16-34(29)45-35)44-41(43-39)32-15-8-14-30-31-21-19-25-18-17-24-9-4-5-12-28(24)36(25)38(31)46-37(30)32/h1-23H. The monoisotopic (exact) mass is 605 g/mol. The highest BCUT2D eigenvalue weighted by atomic mass is 32.1. The zero-order valence-corrected chi connectivity index (χ0v) is 25.3. The average Bonchev–Trinajstić information content (AvgIpc) is 3.70. The summed E-state index contributed by atoms with van der Waals surface area (Å²) >= 11 is 1.82. The number of hydrogen-bond acceptors (Lipinski definition) is 5. The van der Waals surface area contributed by atoms with Crippen LogP contribution in [0.4, 0.5) is 0 Å². The summed E-state index contributed by atoms with van der Waals surface area (Å²) in [5, 5.41) is 9.64. The first-order valence-electron chi connectivity index (χ1n) is 15.3. The van der Waals surface area contributed by atoms with Gasteiger partial charge in [-0.25, -0.2) is 15.0 Å². The Morgan fingerprint density at radius 3 is 2.00 bits per heavy atom. The van der Waals surface area contributed by atoms with Crippen LogP contribution in [0.3, 0.4) is 0 Å². The van der Waals surface area contributed by atoms with Gasteiger partial charge in [0.15, 0.2) is 17.5 Å². The van der Waals surface area contributed by atoms with Crippen LogP contribution in [0, 0.1) is 0 Å². The minimum atomic E-state index is 0.630. The van der Waals surface area contributed by atoms with E-state index in [1.54, 1.807) is 0 Å². The number of fused-ring (bicyclic) bond motifs is 10. The van der Waals surface area contributed by atoms with E-state index in [1.165, 1.54) is 41.7 Å². The molecule has 46 heavy (non-hydrogen) atoms. The van der Waals surface area contributed by atoms with Gasteiger partial charge in [-0.15, -0.1) is 11.3 Å². The molecule has 0 aliphatic rings. The lowest BCUT2D eigenvalue weighted by Crippen LogP contribution is -2.00. The van der Waals surface area contributed by atoms with Gasteiger partial charge in [-0.3, -0.25) is 0 Å². The van der Waals surface area contributed by atoms with Gasteiger partial charge in [-0.2, -0.15) is 0 Å². The molecular weight excluding hydrogens is 583 g/mol. The molecule has 7 aromatic carbocycles. The molecule has 0 spiro atoms. The number of furan rings is 1. The molecule has 0 N–H and O–H groups in total. The van der Waals surface area contributed by atoms with Crippen molar-refractivity contribution >= 4 is 75.0 Å². The summed E-state index contributed by atoms with van der Waals surface area (Å²) in [5.74, 6) is 1.94. The lowest BCUT2D eigenvalue weighted by atomic mass is 9.99. The summed E-state index contributed by atoms with van der Waals surface area (Å²) in [6.45, 7) is 0. The Morgan fingerprint density at radius 2 is 1.09 bits per heavy atom. The van der Waals surface area contributed by atoms with E-state index in [9.17, 15) is 0 Å². The molecule has 3 heterocycles. The Balaban J connectivity index is 1.24. The maximum atomic E-state index is 6.11. The molecule has 10 aromatic rings. The zero-order valence-electron chi connectivity index (χ0n) is 24.4. The molecule has 0 aliphatic heterocycles. The SMILES string of the molecule is c1ccc(-c2nc(-c3ccc4oc5ccccc5c4c3)nc(-c3cccc4c3sc3c4ccc4ccc5ccccc5c43)n2)cc1. The molecule has 5 heteroatoms. The van der Waals surface area contributed by atoms with Crippen molar-refractivity contribution in [1.82, 2.24) is 15.0 Å². The second-order valence-electron chi connectivity index (χ2n) is 11.6. The molecule has 0 atom stereocenters. The van der Waals surface area contributed by atoms with Crippen molar-refractivity contribution in [2.45, 2.75) is 0 Å². The second kappa shape index (κ2) is 9.80. The highest BCUT2D eigenvalue weighted by Gasteiger charge is 2.19. The van der Waals surface area contributed by atoms with Crippen LogP contribution < -0.4 is 0 Å². The molecule has 10 rings (SSSR count). The van der Waals surface area contributed by atoms with Crippen LogP contribution in [0.5, 0.6) is 0 Å². The van der Waals surface area contributed by atoms with Crippen molar-refractivity contribution in [3.8, 4) is 34.2 Å². The van der Waals surface area contributed by atoms with Gasteiger partial charge < -0.3 is 4.42 Å². The second-order valence-corrected chi connectivity index (χ2v) is 12.6. The Labute approximate surface area is 267 Å². The van der Waals surface area contributed by atoms with Gasteiger partial charge in [-0.1, -0.05) is 109 Å². The summed E-state index contributed by atoms with van der Waals surface area (Å²) in [6.07, 6.45) is 0. The van der Waals surface area contributed by atoms with E-state index >= 15 is 0 Å². The number of thiophene rings is 1. The summed E-state index contributed by atoms with van der Waals surface area (Å²) in [5.41, 5.74) is 4.58. The molecule has 0 amide bonds. The van der Waals surface area contributed by atoms with E-state index in [-0.39, 0.29) is 0 Å². The fraction of sp³-hybridized carbons (Fsp3) is 0. The molecule has 0 unspecified atom stereocenters. The largest absolute Gasteiger partial charge is 0.456 e. The van der Waals surface area contributed by atoms with Crippen molar-refractivity contribution < 1.29 is 4.42 Å². The minimum absolute atomic E-state index is 0.630. The molecule has 0 fully saturated rings. The highest BCUT2D eigenvalue weighted by molar-refractivity contribution is 7.27. The van der Waals surface area contributed by atoms with E-state index < -0.39 is 0 Å². The molecule has 0 saturated carbocycles. The number of benzene rings is 7. The van der Waals surface area contributed by atoms with Gasteiger partial charge >= 0.3 is 0 Å². The predicted octanol–water partition coefficient (Wildman–Crippen LogP) is 11.4. The minimum Gasteiger partial charge on any atom is -0.456 e.